The molecule has 1 amide bonds. The minimum Gasteiger partial charge on any atom is -0.394 e. The fraction of sp³-hybridized carbons (Fsp3) is 0.455. The molecule has 10 atom stereocenters. The van der Waals surface area contributed by atoms with E-state index in [1.54, 1.807) is 36.4 Å². The number of amidine groups is 1. The van der Waals surface area contributed by atoms with Crippen molar-refractivity contribution >= 4 is 50.6 Å². The van der Waals surface area contributed by atoms with E-state index in [1.165, 1.54) is 7.05 Å². The lowest BCUT2D eigenvalue weighted by Gasteiger charge is -2.29. The summed E-state index contributed by atoms with van der Waals surface area (Å²) in [5.74, 6) is -0.846. The largest absolute Gasteiger partial charge is 0.472 e. The molecule has 2 aliphatic heterocycles. The van der Waals surface area contributed by atoms with Crippen LogP contribution in [0.15, 0.2) is 68.5 Å². The number of carbonyl (C=O) groups is 1. The third kappa shape index (κ3) is 11.0. The molecule has 0 spiro atoms. The van der Waals surface area contributed by atoms with Gasteiger partial charge in [0.2, 0.25) is 0 Å². The van der Waals surface area contributed by atoms with Crippen LogP contribution in [0.5, 0.6) is 0 Å². The van der Waals surface area contributed by atoms with E-state index in [9.17, 15) is 28.9 Å². The average molecular weight is 900 g/mol. The van der Waals surface area contributed by atoms with E-state index >= 15 is 8.78 Å². The highest BCUT2D eigenvalue weighted by molar-refractivity contribution is 8.07. The minimum atomic E-state index is -5.14. The SMILES string of the molecule is C=Nc1c(/C(=N\C)NC(=O)c2ccccc2)ncn1[C@H]1O[C@@H](COP(=S)(OCCC#N)OC2C(F)[C@H](CO)O[C@@H]2n2ccc(=O)[nH]c2=O)C(OP(=O)(O)OCCC#N)C1F. The van der Waals surface area contributed by atoms with Gasteiger partial charge >= 0.3 is 20.2 Å². The smallest absolute Gasteiger partial charge is 0.394 e. The summed E-state index contributed by atoms with van der Waals surface area (Å²) in [6, 6.07) is 12.6. The molecule has 2 aromatic heterocycles. The maximum atomic E-state index is 16.7. The maximum absolute atomic E-state index is 16.7. The lowest BCUT2D eigenvalue weighted by Crippen LogP contribution is -2.38. The van der Waals surface area contributed by atoms with Crippen LogP contribution in [0.4, 0.5) is 14.6 Å². The number of nitrogens with zero attached hydrogens (tertiary/aromatic N) is 7. The topological polar surface area (TPSA) is 296 Å². The Morgan fingerprint density at radius 3 is 2.35 bits per heavy atom. The molecule has 22 nitrogen and oxygen atoms in total. The number of aliphatic hydroxyl groups is 1. The van der Waals surface area contributed by atoms with Gasteiger partial charge in [-0.1, -0.05) is 18.2 Å². The third-order valence-corrected chi connectivity index (χ3v) is 12.0. The number of phosphoric ester groups is 1. The number of halogens is 2. The summed E-state index contributed by atoms with van der Waals surface area (Å²) >= 11 is 5.57. The number of H-pyrrole nitrogens is 1. The Balaban J connectivity index is 1.46. The fourth-order valence-electron chi connectivity index (χ4n) is 5.84. The molecule has 0 radical (unpaired) electrons. The van der Waals surface area contributed by atoms with E-state index < -0.39 is 107 Å². The van der Waals surface area contributed by atoms with Gasteiger partial charge < -0.3 is 33.8 Å². The summed E-state index contributed by atoms with van der Waals surface area (Å²) in [4.78, 5) is 62.1. The van der Waals surface area contributed by atoms with Crippen molar-refractivity contribution in [2.75, 3.05) is 33.5 Å². The van der Waals surface area contributed by atoms with Crippen LogP contribution in [-0.4, -0.2) is 118 Å². The van der Waals surface area contributed by atoms with Crippen molar-refractivity contribution in [3.05, 3.63) is 81.0 Å². The second-order valence-electron chi connectivity index (χ2n) is 12.4. The molecule has 3 aromatic rings. The highest BCUT2D eigenvalue weighted by Crippen LogP contribution is 2.56. The lowest BCUT2D eigenvalue weighted by atomic mass is 10.1. The number of nitriles is 2. The molecular formula is C33H37F2N9O13P2S. The molecule has 6 unspecified atom stereocenters. The molecule has 5 rings (SSSR count). The average Bonchev–Trinajstić information content (AvgIpc) is 3.88. The van der Waals surface area contributed by atoms with Crippen molar-refractivity contribution in [2.24, 2.45) is 9.98 Å². The number of phosphoric acid groups is 1. The van der Waals surface area contributed by atoms with E-state index in [-0.39, 0.29) is 35.8 Å². The van der Waals surface area contributed by atoms with E-state index in [2.05, 4.69) is 27.0 Å². The Bertz CT molecular complexity index is 2340. The Morgan fingerprint density at radius 2 is 1.72 bits per heavy atom. The molecule has 0 aliphatic carbocycles. The molecule has 0 saturated carbocycles. The predicted molar refractivity (Wildman–Crippen MR) is 206 cm³/mol. The van der Waals surface area contributed by atoms with Crippen molar-refractivity contribution in [3.63, 3.8) is 0 Å². The Labute approximate surface area is 343 Å². The van der Waals surface area contributed by atoms with Gasteiger partial charge in [-0.2, -0.15) is 10.5 Å². The molecule has 2 saturated heterocycles. The summed E-state index contributed by atoms with van der Waals surface area (Å²) < 4.78 is 86.1. The number of aromatic nitrogens is 4. The van der Waals surface area contributed by atoms with Crippen LogP contribution in [0.2, 0.25) is 0 Å². The molecule has 0 bridgehead atoms. The number of aromatic amines is 1. The number of hydrogen-bond donors (Lipinski definition) is 4. The molecule has 4 heterocycles. The first-order valence-corrected chi connectivity index (χ1v) is 21.6. The van der Waals surface area contributed by atoms with Crippen LogP contribution in [0.25, 0.3) is 0 Å². The number of imidazole rings is 1. The molecule has 60 heavy (non-hydrogen) atoms. The van der Waals surface area contributed by atoms with Gasteiger partial charge in [-0.3, -0.25) is 42.3 Å². The van der Waals surface area contributed by atoms with E-state index in [0.717, 1.165) is 27.7 Å². The van der Waals surface area contributed by atoms with E-state index in [4.69, 9.17) is 54.4 Å². The first-order valence-electron chi connectivity index (χ1n) is 17.5. The molecule has 2 fully saturated rings. The first-order chi connectivity index (χ1) is 28.7. The summed E-state index contributed by atoms with van der Waals surface area (Å²) in [6.07, 6.45) is -13.7. The molecule has 27 heteroatoms. The minimum absolute atomic E-state index is 0.0795. The number of hydrogen-bond acceptors (Lipinski definition) is 18. The molecule has 1 aromatic carbocycles. The van der Waals surface area contributed by atoms with Crippen molar-refractivity contribution in [1.82, 2.24) is 24.4 Å². The quantitative estimate of drug-likeness (QED) is 0.0579. The second kappa shape index (κ2) is 20.7. The first kappa shape index (κ1) is 46.3. The van der Waals surface area contributed by atoms with E-state index in [1.807, 2.05) is 11.1 Å². The highest BCUT2D eigenvalue weighted by atomic mass is 32.5. The highest BCUT2D eigenvalue weighted by Gasteiger charge is 2.53. The summed E-state index contributed by atoms with van der Waals surface area (Å²) in [5.41, 5.74) is -1.62. The molecule has 4 N–H and O–H groups in total. The lowest BCUT2D eigenvalue weighted by molar-refractivity contribution is -0.0597. The van der Waals surface area contributed by atoms with Crippen LogP contribution >= 0.6 is 14.5 Å². The van der Waals surface area contributed by atoms with Crippen molar-refractivity contribution in [2.45, 2.75) is 62.1 Å². The van der Waals surface area contributed by atoms with Gasteiger partial charge in [-0.25, -0.2) is 28.1 Å². The number of nitrogens with one attached hydrogen (secondary N) is 2. The number of benzene rings is 1. The normalized spacial score (nSPS) is 26.1. The third-order valence-electron chi connectivity index (χ3n) is 8.58. The monoisotopic (exact) mass is 899 g/mol. The molecule has 322 valence electrons. The van der Waals surface area contributed by atoms with Gasteiger partial charge in [0, 0.05) is 24.9 Å². The van der Waals surface area contributed by atoms with Crippen molar-refractivity contribution in [1.29, 1.82) is 10.5 Å². The van der Waals surface area contributed by atoms with Crippen molar-refractivity contribution < 1.29 is 60.2 Å². The van der Waals surface area contributed by atoms with Crippen molar-refractivity contribution in [3.8, 4) is 12.1 Å². The maximum Gasteiger partial charge on any atom is 0.472 e. The van der Waals surface area contributed by atoms with Gasteiger partial charge in [-0.15, -0.1) is 0 Å². The molecule has 2 aliphatic rings. The standard InChI is InChI=1S/C33H37F2N9O13P2S/c1-38-28(42-30(47)19-8-4-3-5-9-19)25-29(39-2)44(18-40-25)31-24(35)26(56-58(49,50)51-14-6-11-36)21(55-31)17-53-59(60,52-15-7-12-37)57-27-23(34)20(16-45)54-32(27)43-13-10-22(46)41-33(43)48/h3-5,8-10,13,18,20-21,23-24,26-27,31-32,45H,2,6-7,14-17H2,1H3,(H,49,50)(H,38,42,47)(H,41,46,48)/t20-,21-,23?,24?,26?,27?,31-,32-,59?/m0/s1. The number of alkyl halides is 2. The van der Waals surface area contributed by atoms with Gasteiger partial charge in [0.15, 0.2) is 36.5 Å². The number of aliphatic hydroxyl groups excluding tert-OH is 1. The summed E-state index contributed by atoms with van der Waals surface area (Å²) in [7, 11) is -3.79. The number of amides is 1. The number of carbonyl (C=O) groups excluding carboxylic acids is 1. The van der Waals surface area contributed by atoms with Gasteiger partial charge in [0.05, 0.1) is 57.7 Å². The Kier molecular flexibility index (Phi) is 16.0. The summed E-state index contributed by atoms with van der Waals surface area (Å²) in [5, 5.41) is 30.4. The fourth-order valence-corrected chi connectivity index (χ4v) is 8.85. The zero-order valence-corrected chi connectivity index (χ0v) is 33.9. The Morgan fingerprint density at radius 1 is 1.03 bits per heavy atom. The Hall–Kier alpha value is -4.72. The van der Waals surface area contributed by atoms with Crippen LogP contribution in [-0.2, 0) is 48.5 Å². The van der Waals surface area contributed by atoms with Gasteiger partial charge in [-0.05, 0) is 30.7 Å². The van der Waals surface area contributed by atoms with Crippen LogP contribution < -0.4 is 16.6 Å². The van der Waals surface area contributed by atoms with E-state index in [0.29, 0.717) is 0 Å². The number of aliphatic imine (C=N–C) groups is 2. The van der Waals surface area contributed by atoms with Crippen LogP contribution in [0.1, 0.15) is 41.3 Å². The summed E-state index contributed by atoms with van der Waals surface area (Å²) in [6.45, 7) is -3.63. The van der Waals surface area contributed by atoms with Crippen LogP contribution in [0.3, 0.4) is 0 Å². The molecular weight excluding hydrogens is 862 g/mol. The van der Waals surface area contributed by atoms with Gasteiger partial charge in [0.25, 0.3) is 11.5 Å². The van der Waals surface area contributed by atoms with Gasteiger partial charge in [0.1, 0.15) is 30.1 Å². The number of ether oxygens (including phenoxy) is 2. The zero-order chi connectivity index (χ0) is 43.6. The van der Waals surface area contributed by atoms with Crippen LogP contribution in [0, 0.1) is 22.7 Å². The number of rotatable bonds is 19. The second-order valence-corrected chi connectivity index (χ2v) is 16.8. The predicted octanol–water partition coefficient (Wildman–Crippen LogP) is 2.01. The zero-order valence-electron chi connectivity index (χ0n) is 31.3.